The van der Waals surface area contributed by atoms with Gasteiger partial charge < -0.3 is 19.3 Å². The largest absolute Gasteiger partial charge is 0.494 e. The lowest BCUT2D eigenvalue weighted by atomic mass is 10.3. The molecule has 15 heteroatoms. The van der Waals surface area contributed by atoms with E-state index < -0.39 is 27.5 Å². The minimum atomic E-state index is -3.53. The summed E-state index contributed by atoms with van der Waals surface area (Å²) in [6.45, 7) is 3.36. The Hall–Kier alpha value is -2.81. The summed E-state index contributed by atoms with van der Waals surface area (Å²) < 4.78 is 66.2. The van der Waals surface area contributed by atoms with Crippen LogP contribution in [0.25, 0.3) is 17.0 Å². The van der Waals surface area contributed by atoms with Crippen LogP contribution in [-0.2, 0) is 14.8 Å². The van der Waals surface area contributed by atoms with Crippen molar-refractivity contribution in [3.63, 3.8) is 0 Å². The van der Waals surface area contributed by atoms with Gasteiger partial charge in [-0.05, 0) is 12.1 Å². The second-order valence-electron chi connectivity index (χ2n) is 8.52. The van der Waals surface area contributed by atoms with Gasteiger partial charge in [-0.2, -0.15) is 14.3 Å². The van der Waals surface area contributed by atoms with E-state index in [0.717, 1.165) is 0 Å². The van der Waals surface area contributed by atoms with Gasteiger partial charge in [-0.3, -0.25) is 4.57 Å². The number of rotatable bonds is 7. The lowest BCUT2D eigenvalue weighted by Gasteiger charge is -2.35. The molecule has 0 spiro atoms. The predicted octanol–water partition coefficient (Wildman–Crippen LogP) is 2.25. The Morgan fingerprint density at radius 3 is 2.27 bits per heavy atom. The topological polar surface area (TPSA) is 106 Å². The number of morpholine rings is 1. The number of benzene rings is 1. The molecule has 4 heterocycles. The minimum Gasteiger partial charge on any atom is -0.494 e. The van der Waals surface area contributed by atoms with E-state index in [4.69, 9.17) is 21.1 Å². The molecule has 0 aliphatic carbocycles. The van der Waals surface area contributed by atoms with Crippen LogP contribution >= 0.6 is 11.6 Å². The summed E-state index contributed by atoms with van der Waals surface area (Å²) in [7, 11) is -2.08. The molecule has 0 saturated carbocycles. The molecule has 2 aromatic heterocycles. The van der Waals surface area contributed by atoms with E-state index in [1.165, 1.54) is 16.0 Å². The molecule has 2 saturated heterocycles. The molecule has 2 aliphatic rings. The van der Waals surface area contributed by atoms with Crippen LogP contribution in [0, 0.1) is 0 Å². The van der Waals surface area contributed by atoms with Gasteiger partial charge in [-0.15, -0.1) is 11.6 Å². The molecular formula is C22H26ClF2N7O4S. The average Bonchev–Trinajstić information content (AvgIpc) is 3.34. The van der Waals surface area contributed by atoms with Crippen molar-refractivity contribution in [3.05, 3.63) is 30.1 Å². The van der Waals surface area contributed by atoms with Crippen molar-refractivity contribution < 1.29 is 26.7 Å². The number of para-hydroxylation sites is 1. The standard InChI is InChI=1S/C22H26ClF2N7O4S/c1-35-16-4-2-3-15-19(16)28-21(20(24)25)32(15)22-26-17(13-18(27-22)30-9-11-36-12-10-30)29-5-7-31(8-6-29)37(33,34)14-23/h2-4,13,20H,5-12,14H2,1H3. The number of hydrogen-bond acceptors (Lipinski definition) is 9. The molecule has 0 unspecified atom stereocenters. The zero-order chi connectivity index (χ0) is 26.2. The third-order valence-corrected chi connectivity index (χ3v) is 8.66. The number of fused-ring (bicyclic) bond motifs is 1. The number of aromatic nitrogens is 4. The number of anilines is 2. The molecule has 11 nitrogen and oxygen atoms in total. The number of hydrogen-bond donors (Lipinski definition) is 0. The fraction of sp³-hybridized carbons (Fsp3) is 0.500. The molecule has 200 valence electrons. The summed E-state index contributed by atoms with van der Waals surface area (Å²) in [5.41, 5.74) is 0.667. The van der Waals surface area contributed by atoms with Crippen molar-refractivity contribution >= 4 is 44.3 Å². The zero-order valence-electron chi connectivity index (χ0n) is 20.1. The van der Waals surface area contributed by atoms with E-state index in [0.29, 0.717) is 62.3 Å². The summed E-state index contributed by atoms with van der Waals surface area (Å²) in [6.07, 6.45) is -2.89. The van der Waals surface area contributed by atoms with Gasteiger partial charge in [0.05, 0.1) is 25.8 Å². The van der Waals surface area contributed by atoms with E-state index >= 15 is 0 Å². The zero-order valence-corrected chi connectivity index (χ0v) is 21.6. The minimum absolute atomic E-state index is 0.0425. The molecular weight excluding hydrogens is 532 g/mol. The normalized spacial score (nSPS) is 17.6. The van der Waals surface area contributed by atoms with Gasteiger partial charge in [0.25, 0.3) is 6.43 Å². The molecule has 0 bridgehead atoms. The number of nitrogens with zero attached hydrogens (tertiary/aromatic N) is 7. The molecule has 0 atom stereocenters. The van der Waals surface area contributed by atoms with Crippen LogP contribution in [0.1, 0.15) is 12.2 Å². The summed E-state index contributed by atoms with van der Waals surface area (Å²) in [6, 6.07) is 6.80. The van der Waals surface area contributed by atoms with Gasteiger partial charge >= 0.3 is 0 Å². The molecule has 0 N–H and O–H groups in total. The smallest absolute Gasteiger partial charge is 0.296 e. The van der Waals surface area contributed by atoms with Crippen LogP contribution in [0.4, 0.5) is 20.4 Å². The van der Waals surface area contributed by atoms with Crippen molar-refractivity contribution in [1.29, 1.82) is 0 Å². The molecule has 2 aliphatic heterocycles. The van der Waals surface area contributed by atoms with Gasteiger partial charge in [-0.1, -0.05) is 6.07 Å². The van der Waals surface area contributed by atoms with E-state index in [9.17, 15) is 17.2 Å². The molecule has 3 aromatic rings. The second-order valence-corrected chi connectivity index (χ2v) is 11.1. The number of piperazine rings is 1. The first kappa shape index (κ1) is 25.8. The van der Waals surface area contributed by atoms with Gasteiger partial charge in [0.15, 0.2) is 5.82 Å². The Labute approximate surface area is 217 Å². The fourth-order valence-corrected chi connectivity index (χ4v) is 5.78. The van der Waals surface area contributed by atoms with Crippen LogP contribution in [0.5, 0.6) is 5.75 Å². The van der Waals surface area contributed by atoms with Crippen LogP contribution in [0.3, 0.4) is 0 Å². The maximum absolute atomic E-state index is 14.2. The number of imidazole rings is 1. The first-order valence-electron chi connectivity index (χ1n) is 11.7. The van der Waals surface area contributed by atoms with E-state index in [1.54, 1.807) is 24.3 Å². The molecule has 0 amide bonds. The monoisotopic (exact) mass is 557 g/mol. The third kappa shape index (κ3) is 5.02. The molecule has 2 fully saturated rings. The fourth-order valence-electron chi connectivity index (χ4n) is 4.50. The Morgan fingerprint density at radius 1 is 1.03 bits per heavy atom. The summed E-state index contributed by atoms with van der Waals surface area (Å²) in [5.74, 6) is 0.964. The molecule has 5 rings (SSSR count). The van der Waals surface area contributed by atoms with Crippen molar-refractivity contribution in [1.82, 2.24) is 23.8 Å². The number of methoxy groups -OCH3 is 1. The Kier molecular flexibility index (Phi) is 7.34. The van der Waals surface area contributed by atoms with E-state index in [1.807, 2.05) is 9.80 Å². The molecule has 1 aromatic carbocycles. The van der Waals surface area contributed by atoms with Crippen LogP contribution in [-0.4, -0.2) is 97.0 Å². The van der Waals surface area contributed by atoms with Crippen LogP contribution in [0.15, 0.2) is 24.3 Å². The maximum atomic E-state index is 14.2. The first-order valence-corrected chi connectivity index (χ1v) is 13.8. The highest BCUT2D eigenvalue weighted by Crippen LogP contribution is 2.33. The Morgan fingerprint density at radius 2 is 1.68 bits per heavy atom. The van der Waals surface area contributed by atoms with Crippen molar-refractivity contribution in [2.75, 3.05) is 74.6 Å². The summed E-state index contributed by atoms with van der Waals surface area (Å²) >= 11 is 5.62. The maximum Gasteiger partial charge on any atom is 0.296 e. The highest BCUT2D eigenvalue weighted by Gasteiger charge is 2.29. The van der Waals surface area contributed by atoms with Gasteiger partial charge in [0, 0.05) is 45.3 Å². The van der Waals surface area contributed by atoms with Gasteiger partial charge in [0.2, 0.25) is 16.0 Å². The van der Waals surface area contributed by atoms with Gasteiger partial charge in [0.1, 0.15) is 28.1 Å². The SMILES string of the molecule is COc1cccc2c1nc(C(F)F)n2-c1nc(N2CCOCC2)cc(N2CCN(S(=O)(=O)CCl)CC2)n1. The third-order valence-electron chi connectivity index (χ3n) is 6.41. The van der Waals surface area contributed by atoms with Crippen molar-refractivity contribution in [2.45, 2.75) is 6.43 Å². The number of halogens is 3. The second kappa shape index (κ2) is 10.5. The average molecular weight is 558 g/mol. The predicted molar refractivity (Wildman–Crippen MR) is 135 cm³/mol. The Balaban J connectivity index is 1.61. The highest BCUT2D eigenvalue weighted by atomic mass is 35.5. The Bertz CT molecular complexity index is 1380. The van der Waals surface area contributed by atoms with Crippen molar-refractivity contribution in [3.8, 4) is 11.7 Å². The van der Waals surface area contributed by atoms with E-state index in [2.05, 4.69) is 15.0 Å². The highest BCUT2D eigenvalue weighted by molar-refractivity contribution is 7.90. The molecule has 37 heavy (non-hydrogen) atoms. The number of ether oxygens (including phenoxy) is 2. The summed E-state index contributed by atoms with van der Waals surface area (Å²) in [4.78, 5) is 17.4. The quantitative estimate of drug-likeness (QED) is 0.404. The lowest BCUT2D eigenvalue weighted by molar-refractivity contribution is 0.122. The van der Waals surface area contributed by atoms with Crippen LogP contribution in [0.2, 0.25) is 0 Å². The summed E-state index contributed by atoms with van der Waals surface area (Å²) in [5, 5.41) is -0.487. The van der Waals surface area contributed by atoms with Crippen molar-refractivity contribution in [2.24, 2.45) is 0 Å². The molecule has 0 radical (unpaired) electrons. The van der Waals surface area contributed by atoms with E-state index in [-0.39, 0.29) is 24.6 Å². The number of sulfonamides is 1. The first-order chi connectivity index (χ1) is 17.8. The van der Waals surface area contributed by atoms with Gasteiger partial charge in [-0.25, -0.2) is 22.2 Å². The van der Waals surface area contributed by atoms with Crippen LogP contribution < -0.4 is 14.5 Å². The lowest BCUT2D eigenvalue weighted by Crippen LogP contribution is -2.49. The number of alkyl halides is 3.